The lowest BCUT2D eigenvalue weighted by atomic mass is 10.2. The predicted molar refractivity (Wildman–Crippen MR) is 98.0 cm³/mol. The number of hydrogen-bond acceptors (Lipinski definition) is 8. The molecule has 2 fully saturated rings. The first kappa shape index (κ1) is 17.3. The molecule has 2 aliphatic rings. The summed E-state index contributed by atoms with van der Waals surface area (Å²) in [6.07, 6.45) is 5.22. The second-order valence-corrected chi connectivity index (χ2v) is 7.77. The molecule has 1 saturated heterocycles. The zero-order valence-electron chi connectivity index (χ0n) is 14.7. The van der Waals surface area contributed by atoms with Crippen LogP contribution in [0.4, 0.5) is 5.95 Å². The summed E-state index contributed by atoms with van der Waals surface area (Å²) in [4.78, 5) is 27.5. The first-order valence-electron chi connectivity index (χ1n) is 8.91. The van der Waals surface area contributed by atoms with Gasteiger partial charge in [-0.3, -0.25) is 4.79 Å². The number of rotatable bonds is 7. The Kier molecular flexibility index (Phi) is 5.05. The highest BCUT2D eigenvalue weighted by atomic mass is 32.2. The van der Waals surface area contributed by atoms with Crippen molar-refractivity contribution in [2.24, 2.45) is 0 Å². The molecule has 9 heteroatoms. The Bertz CT molecular complexity index is 778. The molecule has 0 bridgehead atoms. The summed E-state index contributed by atoms with van der Waals surface area (Å²) in [6, 6.07) is 2.15. The van der Waals surface area contributed by atoms with Crippen LogP contribution in [0.25, 0.3) is 0 Å². The van der Waals surface area contributed by atoms with Gasteiger partial charge in [-0.1, -0.05) is 5.16 Å². The third kappa shape index (κ3) is 4.32. The summed E-state index contributed by atoms with van der Waals surface area (Å²) in [5.74, 6) is 3.54. The Morgan fingerprint density at radius 2 is 2.27 bits per heavy atom. The average Bonchev–Trinajstić information content (AvgIpc) is 3.26. The number of thioether (sulfide) groups is 1. The highest BCUT2D eigenvalue weighted by molar-refractivity contribution is 7.99. The molecule has 4 rings (SSSR count). The predicted octanol–water partition coefficient (Wildman–Crippen LogP) is 1.67. The van der Waals surface area contributed by atoms with Crippen LogP contribution in [-0.4, -0.2) is 50.9 Å². The van der Waals surface area contributed by atoms with Crippen LogP contribution in [0.1, 0.15) is 42.6 Å². The molecular formula is C17H22N6O2S. The summed E-state index contributed by atoms with van der Waals surface area (Å²) >= 11 is 1.47. The number of anilines is 1. The van der Waals surface area contributed by atoms with E-state index in [1.54, 1.807) is 6.92 Å². The van der Waals surface area contributed by atoms with E-state index < -0.39 is 0 Å². The zero-order chi connectivity index (χ0) is 17.9. The smallest absolute Gasteiger partial charge is 0.236 e. The van der Waals surface area contributed by atoms with Crippen LogP contribution >= 0.6 is 11.8 Å². The van der Waals surface area contributed by atoms with Crippen molar-refractivity contribution in [1.82, 2.24) is 25.4 Å². The van der Waals surface area contributed by atoms with E-state index in [9.17, 15) is 4.79 Å². The molecule has 1 amide bonds. The van der Waals surface area contributed by atoms with E-state index in [1.807, 2.05) is 12.3 Å². The minimum Gasteiger partial charge on any atom is -0.351 e. The fraction of sp³-hybridized carbons (Fsp3) is 0.588. The molecule has 2 aromatic heterocycles. The maximum absolute atomic E-state index is 12.1. The van der Waals surface area contributed by atoms with Crippen LogP contribution in [0.2, 0.25) is 0 Å². The summed E-state index contributed by atoms with van der Waals surface area (Å²) in [7, 11) is 0. The minimum atomic E-state index is 0.0331. The molecule has 1 aliphatic carbocycles. The lowest BCUT2D eigenvalue weighted by molar-refractivity contribution is -0.119. The maximum Gasteiger partial charge on any atom is 0.236 e. The summed E-state index contributed by atoms with van der Waals surface area (Å²) < 4.78 is 5.04. The molecule has 0 spiro atoms. The lowest BCUT2D eigenvalue weighted by Gasteiger charge is -2.17. The van der Waals surface area contributed by atoms with Gasteiger partial charge in [0.2, 0.25) is 17.7 Å². The van der Waals surface area contributed by atoms with Crippen molar-refractivity contribution in [3.63, 3.8) is 0 Å². The van der Waals surface area contributed by atoms with Crippen molar-refractivity contribution in [2.45, 2.75) is 43.9 Å². The molecule has 3 heterocycles. The number of nitrogens with zero attached hydrogens (tertiary/aromatic N) is 5. The van der Waals surface area contributed by atoms with E-state index in [0.717, 1.165) is 31.2 Å². The Morgan fingerprint density at radius 1 is 1.38 bits per heavy atom. The second kappa shape index (κ2) is 7.61. The van der Waals surface area contributed by atoms with Crippen molar-refractivity contribution < 1.29 is 9.32 Å². The Labute approximate surface area is 156 Å². The molecular weight excluding hydrogens is 352 g/mol. The first-order chi connectivity index (χ1) is 12.7. The van der Waals surface area contributed by atoms with Gasteiger partial charge in [0, 0.05) is 36.9 Å². The van der Waals surface area contributed by atoms with Crippen LogP contribution in [0.3, 0.4) is 0 Å². The number of aromatic nitrogens is 4. The van der Waals surface area contributed by atoms with Crippen LogP contribution in [0.5, 0.6) is 0 Å². The Balaban J connectivity index is 1.22. The number of carbonyl (C=O) groups is 1. The fourth-order valence-electron chi connectivity index (χ4n) is 3.08. The second-order valence-electron chi connectivity index (χ2n) is 6.78. The van der Waals surface area contributed by atoms with E-state index in [4.69, 9.17) is 9.51 Å². The quantitative estimate of drug-likeness (QED) is 0.782. The topological polar surface area (TPSA) is 97.0 Å². The van der Waals surface area contributed by atoms with Crippen molar-refractivity contribution in [3.05, 3.63) is 29.7 Å². The van der Waals surface area contributed by atoms with Crippen LogP contribution in [0.15, 0.2) is 16.8 Å². The number of carbonyl (C=O) groups excluding carboxylic acids is 1. The number of hydrogen-bond donors (Lipinski definition) is 1. The van der Waals surface area contributed by atoms with E-state index in [1.165, 1.54) is 24.6 Å². The number of amides is 1. The molecule has 2 aromatic rings. The Morgan fingerprint density at radius 3 is 3.04 bits per heavy atom. The monoisotopic (exact) mass is 374 g/mol. The van der Waals surface area contributed by atoms with Crippen molar-refractivity contribution >= 4 is 23.6 Å². The lowest BCUT2D eigenvalue weighted by Crippen LogP contribution is -2.38. The van der Waals surface area contributed by atoms with Gasteiger partial charge >= 0.3 is 0 Å². The molecule has 1 N–H and O–H groups in total. The van der Waals surface area contributed by atoms with Gasteiger partial charge in [-0.2, -0.15) is 4.98 Å². The fourth-order valence-corrected chi connectivity index (χ4v) is 3.74. The molecule has 1 aliphatic heterocycles. The highest BCUT2D eigenvalue weighted by Crippen LogP contribution is 2.39. The zero-order valence-corrected chi connectivity index (χ0v) is 15.5. The molecule has 1 saturated carbocycles. The Hall–Kier alpha value is -2.16. The van der Waals surface area contributed by atoms with Gasteiger partial charge in [-0.25, -0.2) is 9.97 Å². The minimum absolute atomic E-state index is 0.0331. The van der Waals surface area contributed by atoms with Gasteiger partial charge < -0.3 is 14.7 Å². The first-order valence-corrected chi connectivity index (χ1v) is 10.1. The van der Waals surface area contributed by atoms with Gasteiger partial charge in [0.25, 0.3) is 0 Å². The summed E-state index contributed by atoms with van der Waals surface area (Å²) in [5.41, 5.74) is 1.15. The van der Waals surface area contributed by atoms with Crippen LogP contribution in [-0.2, 0) is 10.5 Å². The summed E-state index contributed by atoms with van der Waals surface area (Å²) in [5, 5.41) is 6.83. The number of nitrogens with one attached hydrogen (secondary N) is 1. The third-order valence-electron chi connectivity index (χ3n) is 4.52. The molecule has 138 valence electrons. The SMILES string of the molecule is Cc1noc(CSCC(=O)NC2CCN(c3nccc(C4CC4)n3)C2)n1. The van der Waals surface area contributed by atoms with Gasteiger partial charge in [0.15, 0.2) is 5.82 Å². The largest absolute Gasteiger partial charge is 0.351 e. The average molecular weight is 374 g/mol. The summed E-state index contributed by atoms with van der Waals surface area (Å²) in [6.45, 7) is 3.40. The standard InChI is InChI=1S/C17H22N6O2S/c1-11-19-16(25-22-11)10-26-9-15(24)20-13-5-7-23(8-13)17-18-6-4-14(21-17)12-2-3-12/h4,6,12-13H,2-3,5,7-10H2,1H3,(H,20,24). The van der Waals surface area contributed by atoms with E-state index in [0.29, 0.717) is 29.1 Å². The normalized spacial score (nSPS) is 19.7. The number of aryl methyl sites for hydroxylation is 1. The van der Waals surface area contributed by atoms with Crippen LogP contribution < -0.4 is 10.2 Å². The van der Waals surface area contributed by atoms with Gasteiger partial charge in [-0.05, 0) is 32.3 Å². The molecule has 1 unspecified atom stereocenters. The van der Waals surface area contributed by atoms with Gasteiger partial charge in [-0.15, -0.1) is 11.8 Å². The van der Waals surface area contributed by atoms with Crippen LogP contribution in [0, 0.1) is 6.92 Å². The van der Waals surface area contributed by atoms with E-state index in [2.05, 4.69) is 25.3 Å². The molecule has 8 nitrogen and oxygen atoms in total. The van der Waals surface area contributed by atoms with Crippen molar-refractivity contribution in [1.29, 1.82) is 0 Å². The molecule has 1 atom stereocenters. The highest BCUT2D eigenvalue weighted by Gasteiger charge is 2.28. The van der Waals surface area contributed by atoms with E-state index >= 15 is 0 Å². The molecule has 26 heavy (non-hydrogen) atoms. The molecule has 0 aromatic carbocycles. The van der Waals surface area contributed by atoms with Gasteiger partial charge in [0.1, 0.15) is 0 Å². The van der Waals surface area contributed by atoms with Crippen molar-refractivity contribution in [2.75, 3.05) is 23.7 Å². The van der Waals surface area contributed by atoms with E-state index in [-0.39, 0.29) is 11.9 Å². The third-order valence-corrected chi connectivity index (χ3v) is 5.44. The van der Waals surface area contributed by atoms with Crippen molar-refractivity contribution in [3.8, 4) is 0 Å². The maximum atomic E-state index is 12.1. The van der Waals surface area contributed by atoms with Gasteiger partial charge in [0.05, 0.1) is 11.5 Å². The molecule has 0 radical (unpaired) electrons.